The van der Waals surface area contributed by atoms with Crippen molar-refractivity contribution < 1.29 is 4.74 Å². The first kappa shape index (κ1) is 14.3. The maximum Gasteiger partial charge on any atom is 0.119 e. The van der Waals surface area contributed by atoms with Crippen LogP contribution in [0.5, 0.6) is 5.75 Å². The zero-order valence-corrected chi connectivity index (χ0v) is 12.5. The van der Waals surface area contributed by atoms with E-state index in [0.29, 0.717) is 11.5 Å². The predicted octanol–water partition coefficient (Wildman–Crippen LogP) is 3.25. The average Bonchev–Trinajstić information content (AvgIpc) is 2.45. The van der Waals surface area contributed by atoms with Gasteiger partial charge in [0, 0.05) is 17.8 Å². The Kier molecular flexibility index (Phi) is 4.58. The second-order valence-electron chi connectivity index (χ2n) is 4.62. The van der Waals surface area contributed by atoms with Crippen molar-refractivity contribution in [3.05, 3.63) is 59.2 Å². The first-order valence-electron chi connectivity index (χ1n) is 6.37. The molecule has 0 amide bonds. The van der Waals surface area contributed by atoms with Crippen LogP contribution in [0.3, 0.4) is 0 Å². The molecule has 0 fully saturated rings. The summed E-state index contributed by atoms with van der Waals surface area (Å²) in [6.45, 7) is 2.73. The minimum absolute atomic E-state index is 0.401. The van der Waals surface area contributed by atoms with Crippen LogP contribution in [0.1, 0.15) is 16.7 Å². The number of hydrogen-bond donors (Lipinski definition) is 2. The van der Waals surface area contributed by atoms with E-state index in [2.05, 4.69) is 11.4 Å². The molecule has 0 atom stereocenters. The zero-order valence-electron chi connectivity index (χ0n) is 11.6. The van der Waals surface area contributed by atoms with Crippen molar-refractivity contribution in [2.75, 3.05) is 12.4 Å². The fourth-order valence-corrected chi connectivity index (χ4v) is 2.18. The van der Waals surface area contributed by atoms with E-state index in [1.807, 2.05) is 43.3 Å². The molecule has 0 heterocycles. The molecule has 0 aliphatic heterocycles. The van der Waals surface area contributed by atoms with Crippen LogP contribution in [0.2, 0.25) is 0 Å². The molecule has 0 saturated heterocycles. The number of methoxy groups -OCH3 is 1. The topological polar surface area (TPSA) is 47.3 Å². The van der Waals surface area contributed by atoms with Crippen molar-refractivity contribution >= 4 is 22.9 Å². The summed E-state index contributed by atoms with van der Waals surface area (Å²) in [5.41, 5.74) is 9.88. The molecular formula is C16H18N2OS. The van der Waals surface area contributed by atoms with Gasteiger partial charge < -0.3 is 15.8 Å². The fourth-order valence-electron chi connectivity index (χ4n) is 2.00. The van der Waals surface area contributed by atoms with Gasteiger partial charge in [0.25, 0.3) is 0 Å². The summed E-state index contributed by atoms with van der Waals surface area (Å²) < 4.78 is 5.22. The van der Waals surface area contributed by atoms with Gasteiger partial charge in [-0.2, -0.15) is 0 Å². The van der Waals surface area contributed by atoms with Crippen molar-refractivity contribution in [2.45, 2.75) is 13.5 Å². The van der Waals surface area contributed by atoms with Gasteiger partial charge in [-0.15, -0.1) is 0 Å². The number of hydrogen-bond acceptors (Lipinski definition) is 3. The number of benzene rings is 2. The maximum absolute atomic E-state index is 5.75. The number of rotatable bonds is 5. The van der Waals surface area contributed by atoms with Gasteiger partial charge in [0.1, 0.15) is 10.7 Å². The summed E-state index contributed by atoms with van der Waals surface area (Å²) in [4.78, 5) is 0.401. The third kappa shape index (κ3) is 3.48. The molecule has 3 N–H and O–H groups in total. The minimum Gasteiger partial charge on any atom is -0.497 e. The number of ether oxygens (including phenoxy) is 1. The van der Waals surface area contributed by atoms with Crippen LogP contribution in [0, 0.1) is 6.92 Å². The molecule has 0 aliphatic carbocycles. The highest BCUT2D eigenvalue weighted by Gasteiger charge is 2.05. The molecule has 0 unspecified atom stereocenters. The molecule has 20 heavy (non-hydrogen) atoms. The molecule has 0 radical (unpaired) electrons. The van der Waals surface area contributed by atoms with Gasteiger partial charge in [-0.05, 0) is 42.3 Å². The van der Waals surface area contributed by atoms with Crippen LogP contribution >= 0.6 is 12.2 Å². The molecule has 0 spiro atoms. The first-order chi connectivity index (χ1) is 9.60. The van der Waals surface area contributed by atoms with E-state index in [9.17, 15) is 0 Å². The molecule has 0 saturated carbocycles. The lowest BCUT2D eigenvalue weighted by Gasteiger charge is -2.12. The van der Waals surface area contributed by atoms with E-state index in [0.717, 1.165) is 28.1 Å². The molecule has 3 nitrogen and oxygen atoms in total. The van der Waals surface area contributed by atoms with Gasteiger partial charge in [-0.3, -0.25) is 0 Å². The van der Waals surface area contributed by atoms with Crippen LogP contribution in [0.15, 0.2) is 42.5 Å². The third-order valence-corrected chi connectivity index (χ3v) is 3.28. The van der Waals surface area contributed by atoms with Crippen LogP contribution in [0.25, 0.3) is 0 Å². The van der Waals surface area contributed by atoms with E-state index in [1.165, 1.54) is 0 Å². The summed E-state index contributed by atoms with van der Waals surface area (Å²) >= 11 is 5.08. The van der Waals surface area contributed by atoms with Crippen LogP contribution in [-0.2, 0) is 6.54 Å². The second-order valence-corrected chi connectivity index (χ2v) is 5.06. The van der Waals surface area contributed by atoms with Gasteiger partial charge in [-0.1, -0.05) is 30.4 Å². The van der Waals surface area contributed by atoms with E-state index in [-0.39, 0.29) is 0 Å². The molecule has 104 valence electrons. The SMILES string of the molecule is COc1cccc(CNc2cc(C)ccc2C(N)=S)c1. The van der Waals surface area contributed by atoms with Gasteiger partial charge in [0.05, 0.1) is 7.11 Å². The van der Waals surface area contributed by atoms with Gasteiger partial charge in [0.2, 0.25) is 0 Å². The molecule has 0 aromatic heterocycles. The highest BCUT2D eigenvalue weighted by molar-refractivity contribution is 7.80. The number of nitrogens with two attached hydrogens (primary N) is 1. The molecule has 4 heteroatoms. The molecule has 2 rings (SSSR count). The maximum atomic E-state index is 5.75. The highest BCUT2D eigenvalue weighted by Crippen LogP contribution is 2.19. The lowest BCUT2D eigenvalue weighted by Crippen LogP contribution is -2.13. The summed E-state index contributed by atoms with van der Waals surface area (Å²) in [6.07, 6.45) is 0. The largest absolute Gasteiger partial charge is 0.497 e. The van der Waals surface area contributed by atoms with Crippen LogP contribution in [0.4, 0.5) is 5.69 Å². The Hall–Kier alpha value is -2.07. The third-order valence-electron chi connectivity index (χ3n) is 3.06. The average molecular weight is 286 g/mol. The van der Waals surface area contributed by atoms with Crippen molar-refractivity contribution in [3.8, 4) is 5.75 Å². The molecule has 0 aliphatic rings. The van der Waals surface area contributed by atoms with Crippen molar-refractivity contribution in [3.63, 3.8) is 0 Å². The predicted molar refractivity (Wildman–Crippen MR) is 87.4 cm³/mol. The summed E-state index contributed by atoms with van der Waals surface area (Å²) in [7, 11) is 1.66. The Morgan fingerprint density at radius 1 is 1.25 bits per heavy atom. The highest BCUT2D eigenvalue weighted by atomic mass is 32.1. The summed E-state index contributed by atoms with van der Waals surface area (Å²) in [5, 5.41) is 3.38. The minimum atomic E-state index is 0.401. The van der Waals surface area contributed by atoms with Crippen molar-refractivity contribution in [2.24, 2.45) is 5.73 Å². The quantitative estimate of drug-likeness (QED) is 0.828. The molecule has 2 aromatic carbocycles. The summed E-state index contributed by atoms with van der Waals surface area (Å²) in [6, 6.07) is 14.0. The molecule has 2 aromatic rings. The number of thiocarbonyl (C=S) groups is 1. The second kappa shape index (κ2) is 6.39. The summed E-state index contributed by atoms with van der Waals surface area (Å²) in [5.74, 6) is 0.850. The number of nitrogens with one attached hydrogen (secondary N) is 1. The lowest BCUT2D eigenvalue weighted by molar-refractivity contribution is 0.414. The Balaban J connectivity index is 2.17. The zero-order chi connectivity index (χ0) is 14.5. The standard InChI is InChI=1S/C16H18N2OS/c1-11-6-7-14(16(17)20)15(8-11)18-10-12-4-3-5-13(9-12)19-2/h3-9,18H,10H2,1-2H3,(H2,17,20). The number of aryl methyl sites for hydroxylation is 1. The lowest BCUT2D eigenvalue weighted by atomic mass is 10.1. The Bertz CT molecular complexity index is 626. The normalized spacial score (nSPS) is 10.1. The monoisotopic (exact) mass is 286 g/mol. The Morgan fingerprint density at radius 2 is 2.05 bits per heavy atom. The number of anilines is 1. The molecule has 0 bridgehead atoms. The van der Waals surface area contributed by atoms with Crippen LogP contribution < -0.4 is 15.8 Å². The van der Waals surface area contributed by atoms with Gasteiger partial charge in [0.15, 0.2) is 0 Å². The van der Waals surface area contributed by atoms with E-state index in [4.69, 9.17) is 22.7 Å². The Morgan fingerprint density at radius 3 is 2.75 bits per heavy atom. The van der Waals surface area contributed by atoms with E-state index >= 15 is 0 Å². The van der Waals surface area contributed by atoms with E-state index < -0.39 is 0 Å². The van der Waals surface area contributed by atoms with Crippen molar-refractivity contribution in [1.82, 2.24) is 0 Å². The van der Waals surface area contributed by atoms with Crippen LogP contribution in [-0.4, -0.2) is 12.1 Å². The molecular weight excluding hydrogens is 268 g/mol. The fraction of sp³-hybridized carbons (Fsp3) is 0.188. The van der Waals surface area contributed by atoms with E-state index in [1.54, 1.807) is 7.11 Å². The Labute approximate surface area is 124 Å². The van der Waals surface area contributed by atoms with Gasteiger partial charge in [-0.25, -0.2) is 0 Å². The van der Waals surface area contributed by atoms with Crippen molar-refractivity contribution in [1.29, 1.82) is 0 Å². The van der Waals surface area contributed by atoms with Gasteiger partial charge >= 0.3 is 0 Å². The smallest absolute Gasteiger partial charge is 0.119 e. The first-order valence-corrected chi connectivity index (χ1v) is 6.78.